The number of ether oxygens (including phenoxy) is 2. The molecule has 0 fully saturated rings. The Balaban J connectivity index is 2.04. The molecule has 0 heterocycles. The second-order valence-electron chi connectivity index (χ2n) is 3.58. The van der Waals surface area contributed by atoms with Gasteiger partial charge in [0, 0.05) is 0 Å². The van der Waals surface area contributed by atoms with Crippen LogP contribution in [-0.4, -0.2) is 6.36 Å². The van der Waals surface area contributed by atoms with Crippen LogP contribution in [-0.2, 0) is 0 Å². The van der Waals surface area contributed by atoms with E-state index in [0.29, 0.717) is 11.5 Å². The van der Waals surface area contributed by atoms with Crippen LogP contribution in [0.5, 0.6) is 17.2 Å². The maximum Gasteiger partial charge on any atom is 0.573 e. The molecule has 0 atom stereocenters. The van der Waals surface area contributed by atoms with E-state index in [4.69, 9.17) is 4.74 Å². The molecular formula is C13H8F4O2. The highest BCUT2D eigenvalue weighted by Crippen LogP contribution is 2.27. The predicted octanol–water partition coefficient (Wildman–Crippen LogP) is 4.52. The Morgan fingerprint density at radius 2 is 1.11 bits per heavy atom. The Kier molecular flexibility index (Phi) is 3.59. The zero-order chi connectivity index (χ0) is 13.9. The van der Waals surface area contributed by atoms with Crippen molar-refractivity contribution in [1.29, 1.82) is 0 Å². The number of benzene rings is 2. The lowest BCUT2D eigenvalue weighted by Crippen LogP contribution is -2.16. The molecule has 0 saturated heterocycles. The van der Waals surface area contributed by atoms with E-state index < -0.39 is 12.2 Å². The molecule has 0 aliphatic carbocycles. The summed E-state index contributed by atoms with van der Waals surface area (Å²) in [7, 11) is 0. The second kappa shape index (κ2) is 5.17. The highest BCUT2D eigenvalue weighted by molar-refractivity contribution is 5.35. The monoisotopic (exact) mass is 272 g/mol. The summed E-state index contributed by atoms with van der Waals surface area (Å²) in [5.41, 5.74) is 0. The molecule has 19 heavy (non-hydrogen) atoms. The van der Waals surface area contributed by atoms with Gasteiger partial charge in [0.25, 0.3) is 0 Å². The summed E-state index contributed by atoms with van der Waals surface area (Å²) in [6.07, 6.45) is -4.72. The zero-order valence-corrected chi connectivity index (χ0v) is 9.45. The summed E-state index contributed by atoms with van der Waals surface area (Å²) >= 11 is 0. The van der Waals surface area contributed by atoms with Crippen molar-refractivity contribution in [2.75, 3.05) is 0 Å². The molecule has 6 heteroatoms. The fourth-order valence-electron chi connectivity index (χ4n) is 1.35. The molecule has 0 aliphatic heterocycles. The van der Waals surface area contributed by atoms with Crippen molar-refractivity contribution in [3.63, 3.8) is 0 Å². The third-order valence-electron chi connectivity index (χ3n) is 2.11. The Morgan fingerprint density at radius 1 is 0.684 bits per heavy atom. The van der Waals surface area contributed by atoms with Gasteiger partial charge in [-0.2, -0.15) is 0 Å². The van der Waals surface area contributed by atoms with Crippen molar-refractivity contribution in [1.82, 2.24) is 0 Å². The van der Waals surface area contributed by atoms with E-state index in [9.17, 15) is 17.6 Å². The molecule has 0 N–H and O–H groups in total. The molecule has 2 aromatic rings. The van der Waals surface area contributed by atoms with E-state index in [1.54, 1.807) is 0 Å². The first-order valence-corrected chi connectivity index (χ1v) is 5.22. The molecule has 2 aromatic carbocycles. The minimum absolute atomic E-state index is 0.320. The molecule has 0 amide bonds. The number of hydrogen-bond donors (Lipinski definition) is 0. The van der Waals surface area contributed by atoms with Crippen LogP contribution in [0.2, 0.25) is 0 Å². The van der Waals surface area contributed by atoms with Crippen LogP contribution in [0, 0.1) is 5.82 Å². The molecule has 2 nitrogen and oxygen atoms in total. The van der Waals surface area contributed by atoms with Gasteiger partial charge in [0.15, 0.2) is 0 Å². The zero-order valence-electron chi connectivity index (χ0n) is 9.45. The van der Waals surface area contributed by atoms with Crippen molar-refractivity contribution in [3.05, 3.63) is 54.3 Å². The Morgan fingerprint density at radius 3 is 1.58 bits per heavy atom. The second-order valence-corrected chi connectivity index (χ2v) is 3.58. The van der Waals surface area contributed by atoms with E-state index in [2.05, 4.69) is 4.74 Å². The summed E-state index contributed by atoms with van der Waals surface area (Å²) < 4.78 is 57.5. The summed E-state index contributed by atoms with van der Waals surface area (Å²) in [5, 5.41) is 0. The highest BCUT2D eigenvalue weighted by Gasteiger charge is 2.30. The van der Waals surface area contributed by atoms with E-state index in [1.807, 2.05) is 0 Å². The minimum Gasteiger partial charge on any atom is -0.457 e. The fraction of sp³-hybridized carbons (Fsp3) is 0.0769. The smallest absolute Gasteiger partial charge is 0.457 e. The molecule has 0 saturated carbocycles. The van der Waals surface area contributed by atoms with E-state index in [-0.39, 0.29) is 5.75 Å². The molecule has 2 rings (SSSR count). The van der Waals surface area contributed by atoms with Crippen LogP contribution in [0.1, 0.15) is 0 Å². The van der Waals surface area contributed by atoms with E-state index in [1.165, 1.54) is 36.4 Å². The van der Waals surface area contributed by atoms with Crippen LogP contribution in [0.4, 0.5) is 17.6 Å². The normalized spacial score (nSPS) is 11.2. The first kappa shape index (κ1) is 13.2. The fourth-order valence-corrected chi connectivity index (χ4v) is 1.35. The van der Waals surface area contributed by atoms with E-state index >= 15 is 0 Å². The molecule has 0 radical (unpaired) electrons. The maximum atomic E-state index is 12.7. The van der Waals surface area contributed by atoms with Gasteiger partial charge in [0.2, 0.25) is 0 Å². The van der Waals surface area contributed by atoms with Gasteiger partial charge >= 0.3 is 6.36 Å². The topological polar surface area (TPSA) is 18.5 Å². The lowest BCUT2D eigenvalue weighted by Gasteiger charge is -2.10. The largest absolute Gasteiger partial charge is 0.573 e. The van der Waals surface area contributed by atoms with Crippen molar-refractivity contribution in [3.8, 4) is 17.2 Å². The van der Waals surface area contributed by atoms with Crippen LogP contribution in [0.15, 0.2) is 48.5 Å². The van der Waals surface area contributed by atoms with Gasteiger partial charge in [-0.1, -0.05) is 0 Å². The molecule has 0 aliphatic rings. The van der Waals surface area contributed by atoms with Crippen LogP contribution < -0.4 is 9.47 Å². The third kappa shape index (κ3) is 4.17. The first-order chi connectivity index (χ1) is 8.92. The molecule has 0 aromatic heterocycles. The summed E-state index contributed by atoms with van der Waals surface area (Å²) in [6, 6.07) is 10.2. The van der Waals surface area contributed by atoms with Gasteiger partial charge in [0.1, 0.15) is 23.1 Å². The van der Waals surface area contributed by atoms with Crippen molar-refractivity contribution in [2.45, 2.75) is 6.36 Å². The maximum absolute atomic E-state index is 12.7. The average Bonchev–Trinajstić information content (AvgIpc) is 2.33. The number of halogens is 4. The molecule has 0 spiro atoms. The van der Waals surface area contributed by atoms with E-state index in [0.717, 1.165) is 12.1 Å². The summed E-state index contributed by atoms with van der Waals surface area (Å²) in [5.74, 6) is -0.0350. The summed E-state index contributed by atoms with van der Waals surface area (Å²) in [4.78, 5) is 0. The standard InChI is InChI=1S/C13H8F4O2/c14-9-1-3-10(4-2-9)18-11-5-7-12(8-6-11)19-13(15,16)17/h1-8H. The molecular weight excluding hydrogens is 264 g/mol. The van der Waals surface area contributed by atoms with Crippen molar-refractivity contribution >= 4 is 0 Å². The van der Waals surface area contributed by atoms with Gasteiger partial charge in [-0.3, -0.25) is 0 Å². The average molecular weight is 272 g/mol. The Hall–Kier alpha value is -2.24. The van der Waals surface area contributed by atoms with Crippen molar-refractivity contribution in [2.24, 2.45) is 0 Å². The highest BCUT2D eigenvalue weighted by atomic mass is 19.4. The van der Waals surface area contributed by atoms with Gasteiger partial charge < -0.3 is 9.47 Å². The van der Waals surface area contributed by atoms with Gasteiger partial charge in [0.05, 0.1) is 0 Å². The quantitative estimate of drug-likeness (QED) is 0.765. The van der Waals surface area contributed by atoms with Crippen LogP contribution >= 0.6 is 0 Å². The number of rotatable bonds is 3. The lowest BCUT2D eigenvalue weighted by atomic mass is 10.3. The predicted molar refractivity (Wildman–Crippen MR) is 59.6 cm³/mol. The Bertz CT molecular complexity index is 532. The Labute approximate surface area is 106 Å². The molecule has 0 bridgehead atoms. The van der Waals surface area contributed by atoms with Gasteiger partial charge in [-0.05, 0) is 48.5 Å². The van der Waals surface area contributed by atoms with Crippen molar-refractivity contribution < 1.29 is 27.0 Å². The number of hydrogen-bond acceptors (Lipinski definition) is 2. The van der Waals surface area contributed by atoms with Gasteiger partial charge in [-0.15, -0.1) is 13.2 Å². The summed E-state index contributed by atoms with van der Waals surface area (Å²) in [6.45, 7) is 0. The van der Waals surface area contributed by atoms with Crippen LogP contribution in [0.25, 0.3) is 0 Å². The van der Waals surface area contributed by atoms with Crippen LogP contribution in [0.3, 0.4) is 0 Å². The minimum atomic E-state index is -4.72. The SMILES string of the molecule is Fc1ccc(Oc2ccc(OC(F)(F)F)cc2)cc1. The number of alkyl halides is 3. The third-order valence-corrected chi connectivity index (χ3v) is 2.11. The lowest BCUT2D eigenvalue weighted by molar-refractivity contribution is -0.274. The first-order valence-electron chi connectivity index (χ1n) is 5.22. The molecule has 0 unspecified atom stereocenters. The molecule has 100 valence electrons. The van der Waals surface area contributed by atoms with Gasteiger partial charge in [-0.25, -0.2) is 4.39 Å².